The molecule has 0 bridgehead atoms. The lowest BCUT2D eigenvalue weighted by Gasteiger charge is -2.32. The summed E-state index contributed by atoms with van der Waals surface area (Å²) in [5.41, 5.74) is 1.09. The molecule has 34 heavy (non-hydrogen) atoms. The molecule has 7 heteroatoms. The van der Waals surface area contributed by atoms with Gasteiger partial charge >= 0.3 is 5.97 Å². The number of ether oxygens (including phenoxy) is 1. The molecule has 0 radical (unpaired) electrons. The van der Waals surface area contributed by atoms with E-state index in [2.05, 4.69) is 4.98 Å². The van der Waals surface area contributed by atoms with Crippen LogP contribution < -0.4 is 0 Å². The second kappa shape index (κ2) is 12.2. The molecule has 1 aliphatic rings. The molecule has 2 rings (SSSR count). The first-order valence-corrected chi connectivity index (χ1v) is 13.0. The lowest BCUT2D eigenvalue weighted by atomic mass is 9.74. The molecule has 0 aliphatic carbocycles. The Bertz CT molecular complexity index is 919. The SMILES string of the molecule is C/C1=C/C[C@@H](/C(C)=C/c2csc(C)n2)OC(=O)CC(O)C(C)(C)C(=O)[C@H](C)C[C@@H](C)CC[C@@H]1F. The summed E-state index contributed by atoms with van der Waals surface area (Å²) in [7, 11) is 0. The summed E-state index contributed by atoms with van der Waals surface area (Å²) >= 11 is 1.53. The van der Waals surface area contributed by atoms with Crippen molar-refractivity contribution in [3.8, 4) is 0 Å². The highest BCUT2D eigenvalue weighted by molar-refractivity contribution is 7.09. The summed E-state index contributed by atoms with van der Waals surface area (Å²) in [4.78, 5) is 30.3. The number of esters is 1. The van der Waals surface area contributed by atoms with Gasteiger partial charge in [-0.3, -0.25) is 9.59 Å². The third kappa shape index (κ3) is 7.84. The Kier molecular flexibility index (Phi) is 10.2. The highest BCUT2D eigenvalue weighted by atomic mass is 32.1. The number of hydrogen-bond acceptors (Lipinski definition) is 6. The molecular formula is C27H40FNO4S. The van der Waals surface area contributed by atoms with E-state index in [0.29, 0.717) is 31.3 Å². The maximum absolute atomic E-state index is 14.9. The van der Waals surface area contributed by atoms with E-state index < -0.39 is 29.8 Å². The summed E-state index contributed by atoms with van der Waals surface area (Å²) in [6.07, 6.45) is 2.53. The normalized spacial score (nSPS) is 32.1. The Hall–Kier alpha value is -1.86. The second-order valence-corrected chi connectivity index (χ2v) is 11.5. The number of alkyl halides is 1. The third-order valence-corrected chi connectivity index (χ3v) is 7.68. The van der Waals surface area contributed by atoms with Crippen LogP contribution in [0.25, 0.3) is 6.08 Å². The number of carbonyl (C=O) groups excluding carboxylic acids is 2. The number of aliphatic hydroxyl groups excluding tert-OH is 1. The van der Waals surface area contributed by atoms with Crippen LogP contribution in [0, 0.1) is 24.2 Å². The van der Waals surface area contributed by atoms with Gasteiger partial charge in [0.05, 0.1) is 28.6 Å². The van der Waals surface area contributed by atoms with Crippen molar-refractivity contribution >= 4 is 29.2 Å². The number of cyclic esters (lactones) is 1. The molecule has 190 valence electrons. The highest BCUT2D eigenvalue weighted by Crippen LogP contribution is 2.32. The standard InChI is InChI=1S/C27H40FNO4S/c1-16-8-10-22(28)17(2)9-11-23(18(3)13-21-15-34-20(5)29-21)33-25(31)14-24(30)27(6,7)26(32)19(4)12-16/h9,13,15-16,19,22-24,30H,8,10-12,14H2,1-7H3/b17-9-,18-13+/t16-,19+,22-,23-,24?/m0/s1. The lowest BCUT2D eigenvalue weighted by Crippen LogP contribution is -2.42. The highest BCUT2D eigenvalue weighted by Gasteiger charge is 2.40. The van der Waals surface area contributed by atoms with Crippen molar-refractivity contribution in [3.05, 3.63) is 33.3 Å². The van der Waals surface area contributed by atoms with Crippen LogP contribution in [0.15, 0.2) is 22.6 Å². The van der Waals surface area contributed by atoms with E-state index in [1.54, 1.807) is 26.8 Å². The van der Waals surface area contributed by atoms with Crippen LogP contribution in [0.2, 0.25) is 0 Å². The van der Waals surface area contributed by atoms with Gasteiger partial charge in [0.1, 0.15) is 18.1 Å². The maximum Gasteiger partial charge on any atom is 0.309 e. The summed E-state index contributed by atoms with van der Waals surface area (Å²) in [5, 5.41) is 13.7. The molecule has 0 saturated carbocycles. The Labute approximate surface area is 207 Å². The zero-order valence-electron chi connectivity index (χ0n) is 21.6. The lowest BCUT2D eigenvalue weighted by molar-refractivity contribution is -0.153. The molecule has 1 unspecified atom stereocenters. The summed E-state index contributed by atoms with van der Waals surface area (Å²) in [5.74, 6) is -0.796. The average molecular weight is 494 g/mol. The third-order valence-electron chi connectivity index (χ3n) is 6.89. The molecule has 1 aromatic rings. The minimum absolute atomic E-state index is 0.0915. The van der Waals surface area contributed by atoms with Gasteiger partial charge in [0.25, 0.3) is 0 Å². The number of hydrogen-bond donors (Lipinski definition) is 1. The van der Waals surface area contributed by atoms with Crippen LogP contribution >= 0.6 is 11.3 Å². The Balaban J connectivity index is 2.35. The average Bonchev–Trinajstić information content (AvgIpc) is 3.17. The van der Waals surface area contributed by atoms with Gasteiger partial charge in [0, 0.05) is 17.7 Å². The minimum Gasteiger partial charge on any atom is -0.457 e. The first kappa shape index (κ1) is 28.4. The Morgan fingerprint density at radius 2 is 1.94 bits per heavy atom. The topological polar surface area (TPSA) is 76.5 Å². The van der Waals surface area contributed by atoms with Crippen LogP contribution in [0.4, 0.5) is 4.39 Å². The molecular weight excluding hydrogens is 453 g/mol. The fraction of sp³-hybridized carbons (Fsp3) is 0.667. The number of aromatic nitrogens is 1. The van der Waals surface area contributed by atoms with Crippen molar-refractivity contribution in [1.29, 1.82) is 0 Å². The maximum atomic E-state index is 14.9. The number of halogens is 1. The smallest absolute Gasteiger partial charge is 0.309 e. The van der Waals surface area contributed by atoms with Crippen molar-refractivity contribution in [2.75, 3.05) is 0 Å². The van der Waals surface area contributed by atoms with Crippen LogP contribution in [-0.2, 0) is 14.3 Å². The van der Waals surface area contributed by atoms with Crippen LogP contribution in [-0.4, -0.2) is 40.2 Å². The minimum atomic E-state index is -1.16. The first-order valence-electron chi connectivity index (χ1n) is 12.1. The molecule has 0 fully saturated rings. The molecule has 5 nitrogen and oxygen atoms in total. The van der Waals surface area contributed by atoms with Crippen molar-refractivity contribution < 1.29 is 23.8 Å². The predicted octanol–water partition coefficient (Wildman–Crippen LogP) is 6.24. The Morgan fingerprint density at radius 3 is 2.56 bits per heavy atom. The number of carbonyl (C=O) groups is 2. The number of Topliss-reactive ketones (excluding diaryl/α,β-unsaturated/α-hetero) is 1. The molecule has 1 aromatic heterocycles. The zero-order chi connectivity index (χ0) is 25.6. The van der Waals surface area contributed by atoms with Gasteiger partial charge in [-0.05, 0) is 63.2 Å². The van der Waals surface area contributed by atoms with E-state index in [1.165, 1.54) is 11.3 Å². The van der Waals surface area contributed by atoms with E-state index in [4.69, 9.17) is 4.74 Å². The van der Waals surface area contributed by atoms with E-state index >= 15 is 0 Å². The fourth-order valence-electron chi connectivity index (χ4n) is 4.43. The van der Waals surface area contributed by atoms with E-state index in [-0.39, 0.29) is 24.0 Å². The number of ketones is 1. The van der Waals surface area contributed by atoms with Gasteiger partial charge < -0.3 is 9.84 Å². The van der Waals surface area contributed by atoms with Gasteiger partial charge in [-0.1, -0.05) is 33.8 Å². The Morgan fingerprint density at radius 1 is 1.26 bits per heavy atom. The van der Waals surface area contributed by atoms with E-state index in [9.17, 15) is 19.1 Å². The van der Waals surface area contributed by atoms with Crippen molar-refractivity contribution in [2.24, 2.45) is 17.3 Å². The van der Waals surface area contributed by atoms with Gasteiger partial charge in [-0.2, -0.15) is 0 Å². The summed E-state index contributed by atoms with van der Waals surface area (Å²) in [6.45, 7) is 12.8. The van der Waals surface area contributed by atoms with Gasteiger partial charge in [-0.15, -0.1) is 11.3 Å². The molecule has 1 N–H and O–H groups in total. The van der Waals surface area contributed by atoms with Crippen LogP contribution in [0.1, 0.15) is 84.3 Å². The monoisotopic (exact) mass is 493 g/mol. The predicted molar refractivity (Wildman–Crippen MR) is 135 cm³/mol. The number of aliphatic hydroxyl groups is 1. The molecule has 2 heterocycles. The van der Waals surface area contributed by atoms with Gasteiger partial charge in [0.2, 0.25) is 0 Å². The largest absolute Gasteiger partial charge is 0.457 e. The van der Waals surface area contributed by atoms with E-state index in [1.807, 2.05) is 39.2 Å². The van der Waals surface area contributed by atoms with Crippen molar-refractivity contribution in [2.45, 2.75) is 98.9 Å². The van der Waals surface area contributed by atoms with Gasteiger partial charge in [-0.25, -0.2) is 9.37 Å². The number of rotatable bonds is 2. The number of aryl methyl sites for hydroxylation is 1. The quantitative estimate of drug-likeness (QED) is 0.390. The molecule has 5 atom stereocenters. The van der Waals surface area contributed by atoms with Crippen LogP contribution in [0.5, 0.6) is 0 Å². The molecule has 0 saturated heterocycles. The van der Waals surface area contributed by atoms with Crippen molar-refractivity contribution in [3.63, 3.8) is 0 Å². The molecule has 0 aromatic carbocycles. The number of nitrogens with zero attached hydrogens (tertiary/aromatic N) is 1. The fourth-order valence-corrected chi connectivity index (χ4v) is 5.00. The van der Waals surface area contributed by atoms with Gasteiger partial charge in [0.15, 0.2) is 0 Å². The second-order valence-electron chi connectivity index (χ2n) is 10.4. The summed E-state index contributed by atoms with van der Waals surface area (Å²) in [6, 6.07) is 0. The zero-order valence-corrected chi connectivity index (χ0v) is 22.4. The molecule has 1 aliphatic heterocycles. The van der Waals surface area contributed by atoms with E-state index in [0.717, 1.165) is 16.3 Å². The first-order chi connectivity index (χ1) is 15.8. The molecule has 0 amide bonds. The molecule has 0 spiro atoms. The number of allylic oxidation sites excluding steroid dienone is 1. The van der Waals surface area contributed by atoms with Crippen LogP contribution in [0.3, 0.4) is 0 Å². The summed E-state index contributed by atoms with van der Waals surface area (Å²) < 4.78 is 20.6. The van der Waals surface area contributed by atoms with Crippen molar-refractivity contribution in [1.82, 2.24) is 4.98 Å². The number of thiazole rings is 1.